The summed E-state index contributed by atoms with van der Waals surface area (Å²) in [5.41, 5.74) is 5.78. The highest BCUT2D eigenvalue weighted by atomic mass is 16.7. The predicted octanol–water partition coefficient (Wildman–Crippen LogP) is 1.48. The van der Waals surface area contributed by atoms with Crippen LogP contribution in [0.25, 0.3) is 0 Å². The maximum atomic E-state index is 11.9. The van der Waals surface area contributed by atoms with Gasteiger partial charge in [0.1, 0.15) is 0 Å². The molecule has 9 nitrogen and oxygen atoms in total. The number of benzene rings is 1. The first kappa shape index (κ1) is 15.9. The van der Waals surface area contributed by atoms with Gasteiger partial charge in [0.15, 0.2) is 11.6 Å². The zero-order chi connectivity index (χ0) is 16.8. The summed E-state index contributed by atoms with van der Waals surface area (Å²) in [6, 6.07) is 6.84. The van der Waals surface area contributed by atoms with E-state index < -0.39 is 10.9 Å². The number of hydrogen-bond donors (Lipinski definition) is 1. The van der Waals surface area contributed by atoms with Crippen LogP contribution in [0.4, 0.5) is 5.69 Å². The van der Waals surface area contributed by atoms with Crippen LogP contribution in [0.2, 0.25) is 0 Å². The lowest BCUT2D eigenvalue weighted by Crippen LogP contribution is -2.15. The molecule has 0 aliphatic rings. The van der Waals surface area contributed by atoms with Crippen LogP contribution in [0, 0.1) is 10.1 Å². The number of carbonyl (C=O) groups is 1. The minimum absolute atomic E-state index is 0.0243. The number of nitrogens with zero attached hydrogens (tertiary/aromatic N) is 3. The van der Waals surface area contributed by atoms with Crippen molar-refractivity contribution in [3.63, 3.8) is 0 Å². The number of hydrogen-bond acceptors (Lipinski definition) is 7. The third kappa shape index (κ3) is 3.79. The van der Waals surface area contributed by atoms with Gasteiger partial charge in [0.25, 0.3) is 0 Å². The van der Waals surface area contributed by atoms with Gasteiger partial charge in [-0.25, -0.2) is 4.79 Å². The Balaban J connectivity index is 2.18. The molecule has 0 aliphatic heterocycles. The van der Waals surface area contributed by atoms with E-state index in [1.165, 1.54) is 31.6 Å². The summed E-state index contributed by atoms with van der Waals surface area (Å²) in [7, 11) is 1.29. The topological polar surface area (TPSA) is 130 Å². The Kier molecular flexibility index (Phi) is 4.82. The summed E-state index contributed by atoms with van der Waals surface area (Å²) in [4.78, 5) is 30.7. The molecule has 0 bridgehead atoms. The Morgan fingerprint density at radius 2 is 1.96 bits per heavy atom. The van der Waals surface area contributed by atoms with Gasteiger partial charge in [-0.15, -0.1) is 0 Å². The molecule has 0 amide bonds. The van der Waals surface area contributed by atoms with E-state index >= 15 is 0 Å². The fourth-order valence-corrected chi connectivity index (χ4v) is 1.68. The molecule has 2 rings (SSSR count). The van der Waals surface area contributed by atoms with Gasteiger partial charge in [-0.1, -0.05) is 5.16 Å². The average molecular weight is 316 g/mol. The highest BCUT2D eigenvalue weighted by Crippen LogP contribution is 2.27. The standard InChI is InChI=1S/C14H12N4O5/c1-22-12-3-2-10(8-11(12)18(20)21)14(19)23-17-13(15)9-4-6-16-7-5-9/h2-8H,1H3,(H2,15,17). The molecule has 0 fully saturated rings. The van der Waals surface area contributed by atoms with Crippen molar-refractivity contribution in [1.82, 2.24) is 4.98 Å². The minimum atomic E-state index is -0.882. The maximum Gasteiger partial charge on any atom is 0.366 e. The molecule has 0 saturated heterocycles. The van der Waals surface area contributed by atoms with Gasteiger partial charge in [0.2, 0.25) is 0 Å². The molecule has 1 heterocycles. The molecule has 0 spiro atoms. The normalized spacial score (nSPS) is 10.9. The summed E-state index contributed by atoms with van der Waals surface area (Å²) in [6.45, 7) is 0. The van der Waals surface area contributed by atoms with E-state index in [0.29, 0.717) is 5.56 Å². The van der Waals surface area contributed by atoms with Crippen molar-refractivity contribution in [2.45, 2.75) is 0 Å². The van der Waals surface area contributed by atoms with Gasteiger partial charge in [0, 0.05) is 24.0 Å². The fraction of sp³-hybridized carbons (Fsp3) is 0.0714. The van der Waals surface area contributed by atoms with Crippen molar-refractivity contribution in [1.29, 1.82) is 0 Å². The lowest BCUT2D eigenvalue weighted by molar-refractivity contribution is -0.385. The second-order valence-corrected chi connectivity index (χ2v) is 4.23. The lowest BCUT2D eigenvalue weighted by atomic mass is 10.2. The van der Waals surface area contributed by atoms with E-state index in [0.717, 1.165) is 6.07 Å². The van der Waals surface area contributed by atoms with Gasteiger partial charge < -0.3 is 15.3 Å². The number of carbonyl (C=O) groups excluding carboxylic acids is 1. The summed E-state index contributed by atoms with van der Waals surface area (Å²) in [5, 5.41) is 14.4. The smallest absolute Gasteiger partial charge is 0.366 e. The van der Waals surface area contributed by atoms with Crippen molar-refractivity contribution < 1.29 is 19.3 Å². The molecule has 0 unspecified atom stereocenters. The monoisotopic (exact) mass is 316 g/mol. The Labute approximate surface area is 130 Å². The number of nitro benzene ring substituents is 1. The first-order valence-electron chi connectivity index (χ1n) is 6.30. The zero-order valence-electron chi connectivity index (χ0n) is 12.0. The number of ether oxygens (including phenoxy) is 1. The van der Waals surface area contributed by atoms with Gasteiger partial charge >= 0.3 is 11.7 Å². The lowest BCUT2D eigenvalue weighted by Gasteiger charge is -2.04. The number of oxime groups is 1. The summed E-state index contributed by atoms with van der Waals surface area (Å²) in [6.07, 6.45) is 3.01. The number of aromatic nitrogens is 1. The predicted molar refractivity (Wildman–Crippen MR) is 80.0 cm³/mol. The number of methoxy groups -OCH3 is 1. The summed E-state index contributed by atoms with van der Waals surface area (Å²) < 4.78 is 4.85. The van der Waals surface area contributed by atoms with Gasteiger partial charge in [-0.05, 0) is 24.3 Å². The average Bonchev–Trinajstić information content (AvgIpc) is 2.59. The van der Waals surface area contributed by atoms with E-state index in [9.17, 15) is 14.9 Å². The van der Waals surface area contributed by atoms with Crippen molar-refractivity contribution in [3.05, 3.63) is 64.0 Å². The third-order valence-corrected chi connectivity index (χ3v) is 2.81. The van der Waals surface area contributed by atoms with Gasteiger partial charge in [0.05, 0.1) is 17.6 Å². The Morgan fingerprint density at radius 1 is 1.26 bits per heavy atom. The molecule has 9 heteroatoms. The first-order valence-corrected chi connectivity index (χ1v) is 6.30. The third-order valence-electron chi connectivity index (χ3n) is 2.81. The molecule has 0 atom stereocenters. The highest BCUT2D eigenvalue weighted by molar-refractivity contribution is 5.98. The van der Waals surface area contributed by atoms with Crippen LogP contribution in [0.3, 0.4) is 0 Å². The number of nitro groups is 1. The molecule has 0 aliphatic carbocycles. The van der Waals surface area contributed by atoms with Crippen LogP contribution in [0.15, 0.2) is 47.9 Å². The molecule has 2 N–H and O–H groups in total. The largest absolute Gasteiger partial charge is 0.490 e. The SMILES string of the molecule is COc1ccc(C(=O)O/N=C(/N)c2ccncc2)cc1[N+](=O)[O-]. The molecular weight excluding hydrogens is 304 g/mol. The zero-order valence-corrected chi connectivity index (χ0v) is 12.0. The molecular formula is C14H12N4O5. The number of amidine groups is 1. The quantitative estimate of drug-likeness (QED) is 0.290. The van der Waals surface area contributed by atoms with E-state index in [1.54, 1.807) is 12.1 Å². The van der Waals surface area contributed by atoms with Crippen molar-refractivity contribution >= 4 is 17.5 Å². The molecule has 1 aromatic carbocycles. The minimum Gasteiger partial charge on any atom is -0.490 e. The molecule has 23 heavy (non-hydrogen) atoms. The van der Waals surface area contributed by atoms with E-state index in [-0.39, 0.29) is 22.8 Å². The van der Waals surface area contributed by atoms with Crippen molar-refractivity contribution in [3.8, 4) is 5.75 Å². The maximum absolute atomic E-state index is 11.9. The van der Waals surface area contributed by atoms with Crippen molar-refractivity contribution in [2.24, 2.45) is 10.9 Å². The van der Waals surface area contributed by atoms with Gasteiger partial charge in [-0.2, -0.15) is 0 Å². The summed E-state index contributed by atoms with van der Waals surface area (Å²) in [5.74, 6) is -0.872. The van der Waals surface area contributed by atoms with Gasteiger partial charge in [-0.3, -0.25) is 15.1 Å². The number of pyridine rings is 1. The molecule has 2 aromatic rings. The number of rotatable bonds is 5. The van der Waals surface area contributed by atoms with E-state index in [4.69, 9.17) is 15.3 Å². The second-order valence-electron chi connectivity index (χ2n) is 4.23. The summed E-state index contributed by atoms with van der Waals surface area (Å²) >= 11 is 0. The first-order chi connectivity index (χ1) is 11.0. The Hall–Kier alpha value is -3.49. The molecule has 1 aromatic heterocycles. The van der Waals surface area contributed by atoms with E-state index in [2.05, 4.69) is 10.1 Å². The molecule has 0 radical (unpaired) electrons. The van der Waals surface area contributed by atoms with Crippen LogP contribution in [0.1, 0.15) is 15.9 Å². The van der Waals surface area contributed by atoms with Crippen LogP contribution in [-0.4, -0.2) is 28.8 Å². The van der Waals surface area contributed by atoms with Crippen molar-refractivity contribution in [2.75, 3.05) is 7.11 Å². The second kappa shape index (κ2) is 6.98. The van der Waals surface area contributed by atoms with E-state index in [1.807, 2.05) is 0 Å². The Bertz CT molecular complexity index is 761. The highest BCUT2D eigenvalue weighted by Gasteiger charge is 2.19. The fourth-order valence-electron chi connectivity index (χ4n) is 1.68. The van der Waals surface area contributed by atoms with Crippen LogP contribution >= 0.6 is 0 Å². The van der Waals surface area contributed by atoms with Crippen LogP contribution in [-0.2, 0) is 4.84 Å². The number of nitrogens with two attached hydrogens (primary N) is 1. The van der Waals surface area contributed by atoms with Crippen LogP contribution < -0.4 is 10.5 Å². The molecule has 118 valence electrons. The molecule has 0 saturated carbocycles. The van der Waals surface area contributed by atoms with Crippen LogP contribution in [0.5, 0.6) is 5.75 Å². The Morgan fingerprint density at radius 3 is 2.57 bits per heavy atom.